The highest BCUT2D eigenvalue weighted by molar-refractivity contribution is 7.98. The van der Waals surface area contributed by atoms with Crippen LogP contribution in [0.4, 0.5) is 4.79 Å². The number of hydrogen-bond acceptors (Lipinski definition) is 6. The van der Waals surface area contributed by atoms with Gasteiger partial charge in [-0.25, -0.2) is 14.4 Å². The number of carbonyl (C=O) groups excluding carboxylic acids is 2. The minimum Gasteiger partial charge on any atom is -0.481 e. The van der Waals surface area contributed by atoms with E-state index in [2.05, 4.69) is 15.4 Å². The molecule has 0 saturated heterocycles. The van der Waals surface area contributed by atoms with Crippen molar-refractivity contribution in [2.75, 3.05) is 19.1 Å². The number of amides is 2. The van der Waals surface area contributed by atoms with Gasteiger partial charge in [-0.1, -0.05) is 0 Å². The smallest absolute Gasteiger partial charge is 0.328 e. The summed E-state index contributed by atoms with van der Waals surface area (Å²) in [7, 11) is 1.18. The molecule has 22 heavy (non-hydrogen) atoms. The molecule has 0 spiro atoms. The summed E-state index contributed by atoms with van der Waals surface area (Å²) in [5.74, 6) is -2.56. The lowest BCUT2D eigenvalue weighted by Crippen LogP contribution is -2.51. The van der Waals surface area contributed by atoms with E-state index < -0.39 is 42.4 Å². The number of carboxylic acids is 2. The molecule has 0 rings (SSSR count). The fraction of sp³-hybridized carbons (Fsp3) is 0.667. The standard InChI is InChI=1S/C12H20N2O7S/c1-21-11(19)8(5-6-22-2)14-12(20)13-7(10(17)18)3-4-9(15)16/h7-8H,3-6H2,1-2H3,(H,15,16)(H,17,18)(H2,13,14,20). The van der Waals surface area contributed by atoms with E-state index in [-0.39, 0.29) is 6.42 Å². The maximum atomic E-state index is 11.7. The number of carbonyl (C=O) groups is 4. The number of urea groups is 1. The third-order valence-corrected chi connectivity index (χ3v) is 3.30. The Balaban J connectivity index is 4.59. The van der Waals surface area contributed by atoms with Crippen molar-refractivity contribution in [1.29, 1.82) is 0 Å². The first-order valence-electron chi connectivity index (χ1n) is 6.40. The summed E-state index contributed by atoms with van der Waals surface area (Å²) in [4.78, 5) is 44.7. The predicted molar refractivity (Wildman–Crippen MR) is 78.8 cm³/mol. The van der Waals surface area contributed by atoms with Gasteiger partial charge in [0.15, 0.2) is 0 Å². The summed E-state index contributed by atoms with van der Waals surface area (Å²) in [5.41, 5.74) is 0. The lowest BCUT2D eigenvalue weighted by Gasteiger charge is -2.19. The summed E-state index contributed by atoms with van der Waals surface area (Å²) < 4.78 is 4.56. The van der Waals surface area contributed by atoms with Crippen LogP contribution in [0, 0.1) is 0 Å². The van der Waals surface area contributed by atoms with Gasteiger partial charge < -0.3 is 25.6 Å². The number of methoxy groups -OCH3 is 1. The van der Waals surface area contributed by atoms with E-state index in [1.165, 1.54) is 18.9 Å². The number of ether oxygens (including phenoxy) is 1. The van der Waals surface area contributed by atoms with Crippen LogP contribution in [-0.4, -0.2) is 65.4 Å². The second kappa shape index (κ2) is 10.7. The van der Waals surface area contributed by atoms with Crippen molar-refractivity contribution in [3.05, 3.63) is 0 Å². The van der Waals surface area contributed by atoms with E-state index in [4.69, 9.17) is 10.2 Å². The van der Waals surface area contributed by atoms with Gasteiger partial charge in [-0.2, -0.15) is 11.8 Å². The molecule has 0 aromatic heterocycles. The fourth-order valence-electron chi connectivity index (χ4n) is 1.51. The molecule has 126 valence electrons. The number of esters is 1. The molecule has 0 aliphatic carbocycles. The number of hydrogen-bond donors (Lipinski definition) is 4. The lowest BCUT2D eigenvalue weighted by atomic mass is 10.1. The first-order valence-corrected chi connectivity index (χ1v) is 7.79. The zero-order chi connectivity index (χ0) is 17.1. The summed E-state index contributed by atoms with van der Waals surface area (Å²) in [6.45, 7) is 0. The topological polar surface area (TPSA) is 142 Å². The molecule has 0 heterocycles. The number of thioether (sulfide) groups is 1. The molecule has 0 aromatic rings. The van der Waals surface area contributed by atoms with Crippen LogP contribution >= 0.6 is 11.8 Å². The molecule has 10 heteroatoms. The van der Waals surface area contributed by atoms with Crippen molar-refractivity contribution in [2.24, 2.45) is 0 Å². The van der Waals surface area contributed by atoms with Crippen LogP contribution in [0.3, 0.4) is 0 Å². The van der Waals surface area contributed by atoms with Crippen LogP contribution in [0.5, 0.6) is 0 Å². The maximum Gasteiger partial charge on any atom is 0.328 e. The first kappa shape index (κ1) is 20.0. The van der Waals surface area contributed by atoms with Crippen molar-refractivity contribution in [2.45, 2.75) is 31.3 Å². The highest BCUT2D eigenvalue weighted by atomic mass is 32.2. The highest BCUT2D eigenvalue weighted by Gasteiger charge is 2.25. The van der Waals surface area contributed by atoms with Gasteiger partial charge >= 0.3 is 23.9 Å². The number of nitrogens with one attached hydrogen (secondary N) is 2. The van der Waals surface area contributed by atoms with E-state index in [9.17, 15) is 19.2 Å². The molecule has 0 radical (unpaired) electrons. The Labute approximate surface area is 131 Å². The second-order valence-electron chi connectivity index (χ2n) is 4.30. The van der Waals surface area contributed by atoms with Crippen LogP contribution in [0.1, 0.15) is 19.3 Å². The largest absolute Gasteiger partial charge is 0.481 e. The zero-order valence-corrected chi connectivity index (χ0v) is 13.1. The zero-order valence-electron chi connectivity index (χ0n) is 12.3. The molecule has 4 N–H and O–H groups in total. The molecule has 9 nitrogen and oxygen atoms in total. The van der Waals surface area contributed by atoms with Crippen LogP contribution in [0.2, 0.25) is 0 Å². The molecule has 2 unspecified atom stereocenters. The average Bonchev–Trinajstić information content (AvgIpc) is 2.46. The van der Waals surface area contributed by atoms with Gasteiger partial charge in [0.1, 0.15) is 12.1 Å². The van der Waals surface area contributed by atoms with Crippen molar-refractivity contribution < 1.29 is 34.1 Å². The van der Waals surface area contributed by atoms with Crippen molar-refractivity contribution >= 4 is 35.7 Å². The van der Waals surface area contributed by atoms with Gasteiger partial charge in [0, 0.05) is 6.42 Å². The molecule has 0 aliphatic heterocycles. The molecule has 0 bridgehead atoms. The van der Waals surface area contributed by atoms with Crippen molar-refractivity contribution in [3.8, 4) is 0 Å². The van der Waals surface area contributed by atoms with Crippen LogP contribution in [0.15, 0.2) is 0 Å². The van der Waals surface area contributed by atoms with Gasteiger partial charge in [0.2, 0.25) is 0 Å². The van der Waals surface area contributed by atoms with Crippen LogP contribution < -0.4 is 10.6 Å². The number of carboxylic acid groups (broad SMARTS) is 2. The highest BCUT2D eigenvalue weighted by Crippen LogP contribution is 2.03. The molecular weight excluding hydrogens is 316 g/mol. The molecule has 2 amide bonds. The fourth-order valence-corrected chi connectivity index (χ4v) is 1.98. The van der Waals surface area contributed by atoms with Crippen LogP contribution in [0.25, 0.3) is 0 Å². The van der Waals surface area contributed by atoms with Gasteiger partial charge in [-0.15, -0.1) is 0 Å². The summed E-state index contributed by atoms with van der Waals surface area (Å²) in [5, 5.41) is 21.9. The number of aliphatic carboxylic acids is 2. The van der Waals surface area contributed by atoms with E-state index in [0.717, 1.165) is 0 Å². The van der Waals surface area contributed by atoms with Crippen LogP contribution in [-0.2, 0) is 19.1 Å². The summed E-state index contributed by atoms with van der Waals surface area (Å²) >= 11 is 1.48. The second-order valence-corrected chi connectivity index (χ2v) is 5.28. The monoisotopic (exact) mass is 336 g/mol. The Hall–Kier alpha value is -1.97. The van der Waals surface area contributed by atoms with E-state index in [1.807, 2.05) is 6.26 Å². The Bertz CT molecular complexity index is 416. The molecule has 2 atom stereocenters. The van der Waals surface area contributed by atoms with E-state index in [0.29, 0.717) is 12.2 Å². The first-order chi connectivity index (χ1) is 10.3. The van der Waals surface area contributed by atoms with Gasteiger partial charge in [-0.05, 0) is 24.9 Å². The Morgan fingerprint density at radius 1 is 1.09 bits per heavy atom. The van der Waals surface area contributed by atoms with Gasteiger partial charge in [-0.3, -0.25) is 4.79 Å². The lowest BCUT2D eigenvalue weighted by molar-refractivity contribution is -0.143. The quantitative estimate of drug-likeness (QED) is 0.405. The summed E-state index contributed by atoms with van der Waals surface area (Å²) in [6, 6.07) is -3.12. The SMILES string of the molecule is COC(=O)C(CCSC)NC(=O)NC(CCC(=O)O)C(=O)O. The normalized spacial score (nSPS) is 12.8. The third kappa shape index (κ3) is 8.35. The third-order valence-electron chi connectivity index (χ3n) is 2.65. The van der Waals surface area contributed by atoms with Gasteiger partial charge in [0.25, 0.3) is 0 Å². The molecule has 0 aromatic carbocycles. The molecular formula is C12H20N2O7S. The molecule has 0 aliphatic rings. The van der Waals surface area contributed by atoms with Crippen molar-refractivity contribution in [1.82, 2.24) is 10.6 Å². The number of rotatable bonds is 10. The minimum atomic E-state index is -1.35. The predicted octanol–water partition coefficient (Wildman–Crippen LogP) is -0.102. The Morgan fingerprint density at radius 3 is 2.14 bits per heavy atom. The molecule has 0 saturated carbocycles. The minimum absolute atomic E-state index is 0.258. The van der Waals surface area contributed by atoms with Gasteiger partial charge in [0.05, 0.1) is 7.11 Å². The van der Waals surface area contributed by atoms with Crippen molar-refractivity contribution in [3.63, 3.8) is 0 Å². The van der Waals surface area contributed by atoms with E-state index in [1.54, 1.807) is 0 Å². The van der Waals surface area contributed by atoms with E-state index >= 15 is 0 Å². The Morgan fingerprint density at radius 2 is 1.68 bits per heavy atom. The maximum absolute atomic E-state index is 11.7. The molecule has 0 fully saturated rings. The average molecular weight is 336 g/mol. The summed E-state index contributed by atoms with van der Waals surface area (Å²) in [6.07, 6.45) is 1.50. The Kier molecular flexibility index (Phi) is 9.75.